The van der Waals surface area contributed by atoms with Gasteiger partial charge in [-0.25, -0.2) is 0 Å². The quantitative estimate of drug-likeness (QED) is 0.871. The molecule has 3 nitrogen and oxygen atoms in total. The van der Waals surface area contributed by atoms with Crippen LogP contribution in [-0.4, -0.2) is 19.7 Å². The molecule has 1 aliphatic heterocycles. The largest absolute Gasteiger partial charge is 0.496 e. The average molecular weight is 331 g/mol. The maximum Gasteiger partial charge on any atom is 0.123 e. The van der Waals surface area contributed by atoms with E-state index in [-0.39, 0.29) is 6.04 Å². The molecule has 1 saturated heterocycles. The topological polar surface area (TPSA) is 33.3 Å². The van der Waals surface area contributed by atoms with E-state index in [4.69, 9.17) is 16.3 Å². The Kier molecular flexibility index (Phi) is 5.55. The van der Waals surface area contributed by atoms with Gasteiger partial charge in [0.15, 0.2) is 0 Å². The SMILES string of the molecule is COc1ccccc1CNC1CCCNC1c1cccc(Cl)c1. The Morgan fingerprint density at radius 2 is 2.09 bits per heavy atom. The highest BCUT2D eigenvalue weighted by Gasteiger charge is 2.26. The first kappa shape index (κ1) is 16.3. The van der Waals surface area contributed by atoms with Crippen molar-refractivity contribution in [3.8, 4) is 5.75 Å². The summed E-state index contributed by atoms with van der Waals surface area (Å²) < 4.78 is 5.44. The zero-order valence-corrected chi connectivity index (χ0v) is 14.1. The third-order valence-electron chi connectivity index (χ3n) is 4.41. The minimum Gasteiger partial charge on any atom is -0.496 e. The summed E-state index contributed by atoms with van der Waals surface area (Å²) >= 11 is 6.16. The predicted molar refractivity (Wildman–Crippen MR) is 95.1 cm³/mol. The van der Waals surface area contributed by atoms with Crippen molar-refractivity contribution in [3.05, 3.63) is 64.7 Å². The molecule has 0 amide bonds. The van der Waals surface area contributed by atoms with E-state index >= 15 is 0 Å². The maximum absolute atomic E-state index is 6.16. The standard InChI is InChI=1S/C19H23ClN2O/c1-23-18-10-3-2-6-15(18)13-22-17-9-5-11-21-19(17)14-7-4-8-16(20)12-14/h2-4,6-8,10,12,17,19,21-22H,5,9,11,13H2,1H3. The van der Waals surface area contributed by atoms with E-state index < -0.39 is 0 Å². The van der Waals surface area contributed by atoms with Gasteiger partial charge in [-0.15, -0.1) is 0 Å². The lowest BCUT2D eigenvalue weighted by Crippen LogP contribution is -2.45. The fourth-order valence-corrected chi connectivity index (χ4v) is 3.45. The summed E-state index contributed by atoms with van der Waals surface area (Å²) in [5.74, 6) is 0.933. The minimum atomic E-state index is 0.289. The predicted octanol–water partition coefficient (Wildman–Crippen LogP) is 3.93. The monoisotopic (exact) mass is 330 g/mol. The van der Waals surface area contributed by atoms with Crippen LogP contribution in [0, 0.1) is 0 Å². The molecule has 2 aromatic carbocycles. The number of para-hydroxylation sites is 1. The fraction of sp³-hybridized carbons (Fsp3) is 0.368. The van der Waals surface area contributed by atoms with Gasteiger partial charge in [-0.3, -0.25) is 0 Å². The van der Waals surface area contributed by atoms with E-state index in [0.717, 1.165) is 30.3 Å². The molecule has 2 atom stereocenters. The van der Waals surface area contributed by atoms with E-state index in [0.29, 0.717) is 6.04 Å². The smallest absolute Gasteiger partial charge is 0.123 e. The summed E-state index contributed by atoms with van der Waals surface area (Å²) in [6.45, 7) is 1.84. The van der Waals surface area contributed by atoms with E-state index in [2.05, 4.69) is 28.8 Å². The fourth-order valence-electron chi connectivity index (χ4n) is 3.25. The number of nitrogens with one attached hydrogen (secondary N) is 2. The molecule has 0 spiro atoms. The Balaban J connectivity index is 1.72. The molecule has 1 heterocycles. The Bertz CT molecular complexity index is 647. The number of methoxy groups -OCH3 is 1. The lowest BCUT2D eigenvalue weighted by Gasteiger charge is -2.34. The van der Waals surface area contributed by atoms with Gasteiger partial charge in [-0.05, 0) is 43.1 Å². The molecular weight excluding hydrogens is 308 g/mol. The van der Waals surface area contributed by atoms with Crippen molar-refractivity contribution in [1.29, 1.82) is 0 Å². The summed E-state index contributed by atoms with van der Waals surface area (Å²) in [5.41, 5.74) is 2.43. The summed E-state index contributed by atoms with van der Waals surface area (Å²) in [7, 11) is 1.72. The molecule has 0 bridgehead atoms. The highest BCUT2D eigenvalue weighted by atomic mass is 35.5. The van der Waals surface area contributed by atoms with Gasteiger partial charge in [0.1, 0.15) is 5.75 Å². The highest BCUT2D eigenvalue weighted by Crippen LogP contribution is 2.26. The Labute approximate surface area is 143 Å². The van der Waals surface area contributed by atoms with Gasteiger partial charge in [-0.1, -0.05) is 41.9 Å². The average Bonchev–Trinajstić information content (AvgIpc) is 2.60. The molecule has 2 unspecified atom stereocenters. The molecule has 2 aromatic rings. The van der Waals surface area contributed by atoms with Crippen molar-refractivity contribution in [2.75, 3.05) is 13.7 Å². The summed E-state index contributed by atoms with van der Waals surface area (Å²) in [5, 5.41) is 8.11. The maximum atomic E-state index is 6.16. The molecule has 3 rings (SSSR count). The Hall–Kier alpha value is -1.55. The van der Waals surface area contributed by atoms with Crippen LogP contribution in [0.15, 0.2) is 48.5 Å². The molecule has 23 heavy (non-hydrogen) atoms. The van der Waals surface area contributed by atoms with Gasteiger partial charge in [0, 0.05) is 29.2 Å². The number of hydrogen-bond acceptors (Lipinski definition) is 3. The van der Waals surface area contributed by atoms with Crippen LogP contribution in [0.4, 0.5) is 0 Å². The second-order valence-corrected chi connectivity index (χ2v) is 6.36. The second-order valence-electron chi connectivity index (χ2n) is 5.93. The first-order valence-corrected chi connectivity index (χ1v) is 8.50. The van der Waals surface area contributed by atoms with Crippen LogP contribution in [0.1, 0.15) is 30.0 Å². The molecule has 4 heteroatoms. The molecular formula is C19H23ClN2O. The van der Waals surface area contributed by atoms with Crippen LogP contribution in [0.25, 0.3) is 0 Å². The number of halogens is 1. The second kappa shape index (κ2) is 7.82. The van der Waals surface area contributed by atoms with E-state index in [9.17, 15) is 0 Å². The van der Waals surface area contributed by atoms with Gasteiger partial charge in [-0.2, -0.15) is 0 Å². The van der Waals surface area contributed by atoms with Crippen LogP contribution in [-0.2, 0) is 6.54 Å². The van der Waals surface area contributed by atoms with Crippen molar-refractivity contribution >= 4 is 11.6 Å². The Morgan fingerprint density at radius 1 is 1.22 bits per heavy atom. The third-order valence-corrected chi connectivity index (χ3v) is 4.65. The highest BCUT2D eigenvalue weighted by molar-refractivity contribution is 6.30. The number of ether oxygens (including phenoxy) is 1. The zero-order valence-electron chi connectivity index (χ0n) is 13.4. The van der Waals surface area contributed by atoms with Crippen molar-refractivity contribution < 1.29 is 4.74 Å². The molecule has 0 aliphatic carbocycles. The molecule has 0 aromatic heterocycles. The molecule has 1 aliphatic rings. The first-order chi connectivity index (χ1) is 11.3. The van der Waals surface area contributed by atoms with Gasteiger partial charge in [0.2, 0.25) is 0 Å². The van der Waals surface area contributed by atoms with Crippen LogP contribution < -0.4 is 15.4 Å². The zero-order chi connectivity index (χ0) is 16.1. The van der Waals surface area contributed by atoms with E-state index in [1.807, 2.05) is 30.3 Å². The lowest BCUT2D eigenvalue weighted by atomic mass is 9.92. The minimum absolute atomic E-state index is 0.289. The van der Waals surface area contributed by atoms with Gasteiger partial charge in [0.25, 0.3) is 0 Å². The summed E-state index contributed by atoms with van der Waals surface area (Å²) in [6.07, 6.45) is 2.33. The van der Waals surface area contributed by atoms with Crippen molar-refractivity contribution in [2.45, 2.75) is 31.5 Å². The third kappa shape index (κ3) is 4.05. The van der Waals surface area contributed by atoms with Crippen molar-refractivity contribution in [2.24, 2.45) is 0 Å². The molecule has 2 N–H and O–H groups in total. The Morgan fingerprint density at radius 3 is 2.91 bits per heavy atom. The van der Waals surface area contributed by atoms with Crippen LogP contribution in [0.3, 0.4) is 0 Å². The van der Waals surface area contributed by atoms with E-state index in [1.54, 1.807) is 7.11 Å². The van der Waals surface area contributed by atoms with Crippen LogP contribution in [0.2, 0.25) is 5.02 Å². The van der Waals surface area contributed by atoms with Crippen LogP contribution >= 0.6 is 11.6 Å². The first-order valence-electron chi connectivity index (χ1n) is 8.12. The van der Waals surface area contributed by atoms with Crippen molar-refractivity contribution in [1.82, 2.24) is 10.6 Å². The van der Waals surface area contributed by atoms with Crippen LogP contribution in [0.5, 0.6) is 5.75 Å². The van der Waals surface area contributed by atoms with Gasteiger partial charge < -0.3 is 15.4 Å². The normalized spacial score (nSPS) is 21.1. The van der Waals surface area contributed by atoms with Gasteiger partial charge >= 0.3 is 0 Å². The van der Waals surface area contributed by atoms with E-state index in [1.165, 1.54) is 17.5 Å². The van der Waals surface area contributed by atoms with Gasteiger partial charge in [0.05, 0.1) is 7.11 Å². The molecule has 0 radical (unpaired) electrons. The summed E-state index contributed by atoms with van der Waals surface area (Å²) in [6, 6.07) is 17.0. The number of rotatable bonds is 5. The van der Waals surface area contributed by atoms with Crippen molar-refractivity contribution in [3.63, 3.8) is 0 Å². The number of benzene rings is 2. The molecule has 122 valence electrons. The number of hydrogen-bond donors (Lipinski definition) is 2. The number of piperidine rings is 1. The summed E-state index contributed by atoms with van der Waals surface area (Å²) in [4.78, 5) is 0. The molecule has 0 saturated carbocycles. The lowest BCUT2D eigenvalue weighted by molar-refractivity contribution is 0.303. The molecule has 1 fully saturated rings.